The van der Waals surface area contributed by atoms with Crippen molar-refractivity contribution in [3.05, 3.63) is 65.2 Å². The highest BCUT2D eigenvalue weighted by atomic mass is 16.3. The molecule has 2 aromatic carbocycles. The number of carbonyl (C=O) groups excluding carboxylic acids is 1. The lowest BCUT2D eigenvalue weighted by molar-refractivity contribution is 0.0305. The lowest BCUT2D eigenvalue weighted by Gasteiger charge is -2.54. The van der Waals surface area contributed by atoms with E-state index in [0.717, 1.165) is 31.5 Å². The van der Waals surface area contributed by atoms with Crippen LogP contribution in [0.4, 0.5) is 0 Å². The molecule has 1 fully saturated rings. The minimum Gasteiger partial charge on any atom is -0.508 e. The van der Waals surface area contributed by atoms with E-state index in [2.05, 4.69) is 24.8 Å². The summed E-state index contributed by atoms with van der Waals surface area (Å²) in [6, 6.07) is 15.9. The average molecular weight is 349 g/mol. The maximum absolute atomic E-state index is 12.5. The molecule has 0 spiro atoms. The van der Waals surface area contributed by atoms with Gasteiger partial charge >= 0.3 is 0 Å². The second kappa shape index (κ2) is 6.55. The number of carbonyl (C=O) groups is 1. The summed E-state index contributed by atoms with van der Waals surface area (Å²) < 4.78 is 0. The molecule has 1 N–H and O–H groups in total. The van der Waals surface area contributed by atoms with E-state index in [0.29, 0.717) is 24.1 Å². The fourth-order valence-corrected chi connectivity index (χ4v) is 4.99. The van der Waals surface area contributed by atoms with Crippen molar-refractivity contribution in [2.24, 2.45) is 5.92 Å². The van der Waals surface area contributed by atoms with Crippen molar-refractivity contribution in [1.82, 2.24) is 4.90 Å². The number of rotatable bonds is 4. The summed E-state index contributed by atoms with van der Waals surface area (Å²) in [5.41, 5.74) is 3.59. The number of hydrogen-bond donors (Lipinski definition) is 1. The number of benzene rings is 2. The molecular formula is C23H27NO2. The van der Waals surface area contributed by atoms with Crippen molar-refractivity contribution in [2.75, 3.05) is 13.1 Å². The maximum Gasteiger partial charge on any atom is 0.164 e. The standard InChI is InChI=1S/C23H27NO2/c1-16-21-14-18-8-9-19(25)15-20(18)23(16,2)11-13-24(21)12-10-22(26)17-6-4-3-5-7-17/h3-9,15-16,21,25H,10-14H2,1-2H3/t16-,21-,23+/m0/s1. The van der Waals surface area contributed by atoms with Gasteiger partial charge in [-0.25, -0.2) is 0 Å². The monoisotopic (exact) mass is 349 g/mol. The second-order valence-corrected chi connectivity index (χ2v) is 8.14. The molecule has 1 aliphatic heterocycles. The quantitative estimate of drug-likeness (QED) is 0.842. The zero-order valence-electron chi connectivity index (χ0n) is 15.6. The third-order valence-electron chi connectivity index (χ3n) is 6.83. The third kappa shape index (κ3) is 2.84. The number of phenolic OH excluding ortho intramolecular Hbond substituents is 1. The van der Waals surface area contributed by atoms with Crippen LogP contribution in [0.25, 0.3) is 0 Å². The molecule has 2 aliphatic rings. The van der Waals surface area contributed by atoms with Crippen molar-refractivity contribution in [3.63, 3.8) is 0 Å². The summed E-state index contributed by atoms with van der Waals surface area (Å²) in [4.78, 5) is 15.0. The lowest BCUT2D eigenvalue weighted by atomic mass is 9.59. The van der Waals surface area contributed by atoms with Gasteiger partial charge in [0.15, 0.2) is 5.78 Å². The van der Waals surface area contributed by atoms with Gasteiger partial charge in [0.2, 0.25) is 0 Å². The predicted octanol–water partition coefficient (Wildman–Crippen LogP) is 4.19. The number of fused-ring (bicyclic) bond motifs is 4. The Balaban J connectivity index is 1.52. The van der Waals surface area contributed by atoms with Gasteiger partial charge in [0.25, 0.3) is 0 Å². The highest BCUT2D eigenvalue weighted by Gasteiger charge is 2.48. The first-order valence-corrected chi connectivity index (χ1v) is 9.64. The van der Waals surface area contributed by atoms with Gasteiger partial charge in [-0.1, -0.05) is 50.2 Å². The Morgan fingerprint density at radius 1 is 1.23 bits per heavy atom. The molecule has 3 atom stereocenters. The van der Waals surface area contributed by atoms with E-state index in [1.807, 2.05) is 36.4 Å². The Kier molecular flexibility index (Phi) is 4.36. The zero-order chi connectivity index (χ0) is 18.3. The van der Waals surface area contributed by atoms with Crippen LogP contribution in [0.1, 0.15) is 48.2 Å². The summed E-state index contributed by atoms with van der Waals surface area (Å²) in [6.07, 6.45) is 2.65. The van der Waals surface area contributed by atoms with E-state index in [9.17, 15) is 9.90 Å². The molecule has 4 rings (SSSR count). The molecule has 0 saturated carbocycles. The number of Topliss-reactive ketones (excluding diaryl/α,β-unsaturated/α-hetero) is 1. The van der Waals surface area contributed by atoms with E-state index in [1.54, 1.807) is 6.07 Å². The number of piperidine rings is 1. The molecule has 136 valence electrons. The molecule has 2 bridgehead atoms. The summed E-state index contributed by atoms with van der Waals surface area (Å²) in [7, 11) is 0. The Hall–Kier alpha value is -2.13. The highest BCUT2D eigenvalue weighted by Crippen LogP contribution is 2.49. The van der Waals surface area contributed by atoms with Gasteiger partial charge in [-0.2, -0.15) is 0 Å². The van der Waals surface area contributed by atoms with E-state index in [-0.39, 0.29) is 11.2 Å². The molecule has 3 nitrogen and oxygen atoms in total. The average Bonchev–Trinajstić information content (AvgIpc) is 2.65. The summed E-state index contributed by atoms with van der Waals surface area (Å²) in [6.45, 7) is 6.52. The SMILES string of the molecule is C[C@H]1[C@@H]2Cc3ccc(O)cc3[C@]1(C)CCN2CCC(=O)c1ccccc1. The van der Waals surface area contributed by atoms with Gasteiger partial charge in [-0.05, 0) is 54.0 Å². The van der Waals surface area contributed by atoms with Crippen LogP contribution in [0.5, 0.6) is 5.75 Å². The highest BCUT2D eigenvalue weighted by molar-refractivity contribution is 5.96. The molecule has 2 aromatic rings. The zero-order valence-corrected chi connectivity index (χ0v) is 15.6. The van der Waals surface area contributed by atoms with Gasteiger partial charge in [0.05, 0.1) is 0 Å². The molecule has 0 radical (unpaired) electrons. The molecular weight excluding hydrogens is 322 g/mol. The fourth-order valence-electron chi connectivity index (χ4n) is 4.99. The Morgan fingerprint density at radius 2 is 2.00 bits per heavy atom. The smallest absolute Gasteiger partial charge is 0.164 e. The first kappa shape index (κ1) is 17.3. The van der Waals surface area contributed by atoms with Crippen molar-refractivity contribution in [2.45, 2.75) is 44.6 Å². The van der Waals surface area contributed by atoms with Crippen LogP contribution in [0.15, 0.2) is 48.5 Å². The molecule has 1 saturated heterocycles. The normalized spacial score (nSPS) is 27.8. The fraction of sp³-hybridized carbons (Fsp3) is 0.435. The van der Waals surface area contributed by atoms with Crippen molar-refractivity contribution < 1.29 is 9.90 Å². The molecule has 0 unspecified atom stereocenters. The van der Waals surface area contributed by atoms with E-state index in [1.165, 1.54) is 11.1 Å². The Morgan fingerprint density at radius 3 is 2.77 bits per heavy atom. The number of nitrogens with zero attached hydrogens (tertiary/aromatic N) is 1. The van der Waals surface area contributed by atoms with Gasteiger partial charge in [0, 0.05) is 24.6 Å². The van der Waals surface area contributed by atoms with Crippen LogP contribution in [0.2, 0.25) is 0 Å². The Bertz CT molecular complexity index is 816. The first-order valence-electron chi connectivity index (χ1n) is 9.64. The molecule has 3 heteroatoms. The van der Waals surface area contributed by atoms with Crippen LogP contribution in [0, 0.1) is 5.92 Å². The van der Waals surface area contributed by atoms with E-state index < -0.39 is 0 Å². The summed E-state index contributed by atoms with van der Waals surface area (Å²) >= 11 is 0. The number of likely N-dealkylation sites (tertiary alicyclic amines) is 1. The molecule has 0 aromatic heterocycles. The van der Waals surface area contributed by atoms with Gasteiger partial charge in [-0.3, -0.25) is 9.69 Å². The van der Waals surface area contributed by atoms with Gasteiger partial charge in [-0.15, -0.1) is 0 Å². The third-order valence-corrected chi connectivity index (χ3v) is 6.83. The molecule has 1 aliphatic carbocycles. The number of ketones is 1. The van der Waals surface area contributed by atoms with Crippen LogP contribution in [0.3, 0.4) is 0 Å². The second-order valence-electron chi connectivity index (χ2n) is 8.14. The number of phenols is 1. The summed E-state index contributed by atoms with van der Waals surface area (Å²) in [5, 5.41) is 9.94. The first-order chi connectivity index (χ1) is 12.5. The van der Waals surface area contributed by atoms with Crippen LogP contribution in [-0.2, 0) is 11.8 Å². The molecule has 26 heavy (non-hydrogen) atoms. The number of hydrogen-bond acceptors (Lipinski definition) is 3. The van der Waals surface area contributed by atoms with Gasteiger partial charge in [0.1, 0.15) is 5.75 Å². The van der Waals surface area contributed by atoms with Crippen LogP contribution in [-0.4, -0.2) is 34.9 Å². The topological polar surface area (TPSA) is 40.5 Å². The largest absolute Gasteiger partial charge is 0.508 e. The molecule has 0 amide bonds. The van der Waals surface area contributed by atoms with E-state index in [4.69, 9.17) is 0 Å². The summed E-state index contributed by atoms with van der Waals surface area (Å²) in [5.74, 6) is 1.11. The van der Waals surface area contributed by atoms with Gasteiger partial charge < -0.3 is 5.11 Å². The van der Waals surface area contributed by atoms with E-state index >= 15 is 0 Å². The van der Waals surface area contributed by atoms with Crippen molar-refractivity contribution in [3.8, 4) is 5.75 Å². The Labute approximate surface area is 155 Å². The number of aromatic hydroxyl groups is 1. The van der Waals surface area contributed by atoms with Crippen molar-refractivity contribution in [1.29, 1.82) is 0 Å². The maximum atomic E-state index is 12.5. The van der Waals surface area contributed by atoms with Crippen LogP contribution >= 0.6 is 0 Å². The van der Waals surface area contributed by atoms with Crippen LogP contribution < -0.4 is 0 Å². The lowest BCUT2D eigenvalue weighted by Crippen LogP contribution is -2.58. The minimum absolute atomic E-state index is 0.108. The molecule has 1 heterocycles. The predicted molar refractivity (Wildman–Crippen MR) is 104 cm³/mol. The van der Waals surface area contributed by atoms with Crippen molar-refractivity contribution >= 4 is 5.78 Å². The minimum atomic E-state index is 0.108.